The second kappa shape index (κ2) is 5.25. The largest absolute Gasteiger partial charge is 0.345 e. The highest BCUT2D eigenvalue weighted by atomic mass is 16.2. The maximum atomic E-state index is 12.4. The van der Waals surface area contributed by atoms with Crippen LogP contribution in [0.3, 0.4) is 0 Å². The van der Waals surface area contributed by atoms with Crippen LogP contribution in [-0.2, 0) is 4.79 Å². The Morgan fingerprint density at radius 2 is 2.00 bits per heavy atom. The van der Waals surface area contributed by atoms with Crippen LogP contribution in [0.2, 0.25) is 0 Å². The number of hydrogen-bond donors (Lipinski definition) is 3. The number of carbonyl (C=O) groups is 1. The molecule has 3 N–H and O–H groups in total. The topological polar surface area (TPSA) is 69.8 Å². The lowest BCUT2D eigenvalue weighted by molar-refractivity contribution is -0.118. The van der Waals surface area contributed by atoms with Gasteiger partial charge in [-0.05, 0) is 62.0 Å². The van der Waals surface area contributed by atoms with Crippen LogP contribution in [-0.4, -0.2) is 29.0 Å². The Kier molecular flexibility index (Phi) is 3.22. The number of piperidine rings is 1. The number of nitrogens with zero attached hydrogens (tertiary/aromatic N) is 1. The van der Waals surface area contributed by atoms with E-state index in [9.17, 15) is 4.79 Å². The Morgan fingerprint density at radius 3 is 2.68 bits per heavy atom. The first kappa shape index (κ1) is 13.5. The molecule has 1 aromatic carbocycles. The predicted molar refractivity (Wildman–Crippen MR) is 85.3 cm³/mol. The number of anilines is 1. The lowest BCUT2D eigenvalue weighted by Gasteiger charge is -2.23. The summed E-state index contributed by atoms with van der Waals surface area (Å²) in [5.41, 5.74) is 2.16. The first-order valence-corrected chi connectivity index (χ1v) is 7.88. The highest BCUT2D eigenvalue weighted by Crippen LogP contribution is 2.58. The first-order valence-electron chi connectivity index (χ1n) is 7.88. The zero-order chi connectivity index (χ0) is 15.0. The summed E-state index contributed by atoms with van der Waals surface area (Å²) in [6.07, 6.45) is 6.84. The predicted octanol–water partition coefficient (Wildman–Crippen LogP) is 2.40. The summed E-state index contributed by atoms with van der Waals surface area (Å²) in [5, 5.41) is 6.43. The van der Waals surface area contributed by atoms with E-state index < -0.39 is 0 Å². The van der Waals surface area contributed by atoms with Gasteiger partial charge in [-0.2, -0.15) is 0 Å². The molecule has 2 aliphatic rings. The summed E-state index contributed by atoms with van der Waals surface area (Å²) in [7, 11) is 0. The van der Waals surface area contributed by atoms with Crippen molar-refractivity contribution in [1.29, 1.82) is 0 Å². The molecule has 1 aliphatic carbocycles. The fourth-order valence-electron chi connectivity index (χ4n) is 3.56. The van der Waals surface area contributed by atoms with Crippen molar-refractivity contribution < 1.29 is 4.79 Å². The van der Waals surface area contributed by atoms with Gasteiger partial charge in [0.2, 0.25) is 5.91 Å². The standard InChI is InChI=1S/C17H20N4O/c22-16(14-11-17(14)5-7-18-8-6-17)21-13-3-1-12(2-4-13)15-19-9-10-20-15/h1-4,9-10,14,18H,5-8,11H2,(H,19,20)(H,21,22). The van der Waals surface area contributed by atoms with Crippen LogP contribution in [0.5, 0.6) is 0 Å². The Labute approximate surface area is 129 Å². The van der Waals surface area contributed by atoms with E-state index in [1.807, 2.05) is 24.3 Å². The molecule has 1 aliphatic heterocycles. The minimum Gasteiger partial charge on any atom is -0.345 e. The molecular formula is C17H20N4O. The molecule has 0 radical (unpaired) electrons. The van der Waals surface area contributed by atoms with E-state index in [0.717, 1.165) is 49.4 Å². The van der Waals surface area contributed by atoms with Crippen LogP contribution in [0.4, 0.5) is 5.69 Å². The average Bonchev–Trinajstić information content (AvgIpc) is 3.00. The molecule has 114 valence electrons. The minimum atomic E-state index is 0.174. The van der Waals surface area contributed by atoms with Gasteiger partial charge < -0.3 is 15.6 Å². The third-order valence-electron chi connectivity index (χ3n) is 5.03. The second-order valence-electron chi connectivity index (χ2n) is 6.37. The van der Waals surface area contributed by atoms with Crippen LogP contribution in [0, 0.1) is 11.3 Å². The number of aromatic nitrogens is 2. The average molecular weight is 296 g/mol. The van der Waals surface area contributed by atoms with E-state index in [4.69, 9.17) is 0 Å². The number of rotatable bonds is 3. The number of nitrogens with one attached hydrogen (secondary N) is 3. The SMILES string of the molecule is O=C(Nc1ccc(-c2ncc[nH]2)cc1)C1CC12CCNCC2. The number of benzene rings is 1. The molecule has 2 aromatic rings. The Bertz CT molecular complexity index is 656. The van der Waals surface area contributed by atoms with Crippen molar-refractivity contribution in [2.24, 2.45) is 11.3 Å². The highest BCUT2D eigenvalue weighted by molar-refractivity contribution is 5.95. The van der Waals surface area contributed by atoms with Gasteiger partial charge in [0.1, 0.15) is 5.82 Å². The molecule has 1 aromatic heterocycles. The maximum Gasteiger partial charge on any atom is 0.228 e. The molecule has 4 rings (SSSR count). The van der Waals surface area contributed by atoms with E-state index in [0.29, 0.717) is 0 Å². The summed E-state index contributed by atoms with van der Waals surface area (Å²) in [5.74, 6) is 1.21. The highest BCUT2D eigenvalue weighted by Gasteiger charge is 2.57. The van der Waals surface area contributed by atoms with Crippen molar-refractivity contribution >= 4 is 11.6 Å². The van der Waals surface area contributed by atoms with E-state index in [-0.39, 0.29) is 17.2 Å². The van der Waals surface area contributed by atoms with Crippen LogP contribution in [0.1, 0.15) is 19.3 Å². The first-order chi connectivity index (χ1) is 10.8. The molecular weight excluding hydrogens is 276 g/mol. The van der Waals surface area contributed by atoms with Crippen LogP contribution >= 0.6 is 0 Å². The van der Waals surface area contributed by atoms with Gasteiger partial charge in [0.15, 0.2) is 0 Å². The van der Waals surface area contributed by atoms with Gasteiger partial charge in [0.25, 0.3) is 0 Å². The van der Waals surface area contributed by atoms with Gasteiger partial charge in [-0.15, -0.1) is 0 Å². The van der Waals surface area contributed by atoms with Crippen LogP contribution in [0.25, 0.3) is 11.4 Å². The lowest BCUT2D eigenvalue weighted by Crippen LogP contribution is -2.31. The molecule has 1 amide bonds. The number of aromatic amines is 1. The Balaban J connectivity index is 1.40. The Hall–Kier alpha value is -2.14. The van der Waals surface area contributed by atoms with Gasteiger partial charge in [0, 0.05) is 29.6 Å². The van der Waals surface area contributed by atoms with E-state index >= 15 is 0 Å². The van der Waals surface area contributed by atoms with Crippen molar-refractivity contribution in [2.75, 3.05) is 18.4 Å². The van der Waals surface area contributed by atoms with Gasteiger partial charge in [-0.1, -0.05) is 0 Å². The van der Waals surface area contributed by atoms with Crippen molar-refractivity contribution in [3.05, 3.63) is 36.7 Å². The number of amides is 1. The summed E-state index contributed by atoms with van der Waals surface area (Å²) >= 11 is 0. The monoisotopic (exact) mass is 296 g/mol. The number of carbonyl (C=O) groups excluding carboxylic acids is 1. The van der Waals surface area contributed by atoms with Crippen LogP contribution < -0.4 is 10.6 Å². The van der Waals surface area contributed by atoms with Crippen molar-refractivity contribution in [1.82, 2.24) is 15.3 Å². The zero-order valence-corrected chi connectivity index (χ0v) is 12.4. The van der Waals surface area contributed by atoms with Crippen LogP contribution in [0.15, 0.2) is 36.7 Å². The molecule has 2 fully saturated rings. The number of imidazole rings is 1. The molecule has 2 heterocycles. The molecule has 0 bridgehead atoms. The number of hydrogen-bond acceptors (Lipinski definition) is 3. The van der Waals surface area contributed by atoms with Gasteiger partial charge in [-0.3, -0.25) is 4.79 Å². The number of H-pyrrole nitrogens is 1. The third kappa shape index (κ3) is 2.41. The molecule has 1 unspecified atom stereocenters. The molecule has 1 spiro atoms. The minimum absolute atomic E-state index is 0.174. The third-order valence-corrected chi connectivity index (χ3v) is 5.03. The molecule has 1 saturated heterocycles. The smallest absolute Gasteiger partial charge is 0.228 e. The van der Waals surface area contributed by atoms with Crippen molar-refractivity contribution in [3.8, 4) is 11.4 Å². The quantitative estimate of drug-likeness (QED) is 0.814. The zero-order valence-electron chi connectivity index (χ0n) is 12.4. The molecule has 5 heteroatoms. The van der Waals surface area contributed by atoms with Crippen molar-refractivity contribution in [2.45, 2.75) is 19.3 Å². The summed E-state index contributed by atoms with van der Waals surface area (Å²) in [4.78, 5) is 19.7. The van der Waals surface area contributed by atoms with Gasteiger partial charge in [0.05, 0.1) is 0 Å². The maximum absolute atomic E-state index is 12.4. The van der Waals surface area contributed by atoms with E-state index in [2.05, 4.69) is 20.6 Å². The lowest BCUT2D eigenvalue weighted by atomic mass is 9.92. The van der Waals surface area contributed by atoms with Gasteiger partial charge in [-0.25, -0.2) is 4.98 Å². The van der Waals surface area contributed by atoms with E-state index in [1.165, 1.54) is 0 Å². The molecule has 1 saturated carbocycles. The molecule has 22 heavy (non-hydrogen) atoms. The molecule has 5 nitrogen and oxygen atoms in total. The molecule has 1 atom stereocenters. The Morgan fingerprint density at radius 1 is 1.23 bits per heavy atom. The normalized spacial score (nSPS) is 22.5. The summed E-state index contributed by atoms with van der Waals surface area (Å²) < 4.78 is 0. The summed E-state index contributed by atoms with van der Waals surface area (Å²) in [6.45, 7) is 2.09. The van der Waals surface area contributed by atoms with E-state index in [1.54, 1.807) is 12.4 Å². The fourth-order valence-corrected chi connectivity index (χ4v) is 3.56. The van der Waals surface area contributed by atoms with Gasteiger partial charge >= 0.3 is 0 Å². The van der Waals surface area contributed by atoms with Crippen molar-refractivity contribution in [3.63, 3.8) is 0 Å². The fraction of sp³-hybridized carbons (Fsp3) is 0.412. The summed E-state index contributed by atoms with van der Waals surface area (Å²) in [6, 6.07) is 7.82. The second-order valence-corrected chi connectivity index (χ2v) is 6.37.